The zero-order chi connectivity index (χ0) is 34.4. The number of likely N-dealkylation sites (N-methyl/N-ethyl adjacent to an activating group) is 2. The lowest BCUT2D eigenvalue weighted by atomic mass is 9.76. The van der Waals surface area contributed by atoms with Gasteiger partial charge in [0.2, 0.25) is 5.75 Å². The molecule has 3 heterocycles. The Morgan fingerprint density at radius 2 is 1.20 bits per heavy atom. The first-order chi connectivity index (χ1) is 23.8. The van der Waals surface area contributed by atoms with E-state index in [0.29, 0.717) is 28.7 Å². The molecule has 2 bridgehead atoms. The average Bonchev–Trinajstić information content (AvgIpc) is 3.12. The average molecular weight is 667 g/mol. The van der Waals surface area contributed by atoms with E-state index in [9.17, 15) is 0 Å². The molecular formula is C40H46N2O7. The summed E-state index contributed by atoms with van der Waals surface area (Å²) in [5.74, 6) is 5.55. The highest BCUT2D eigenvalue weighted by molar-refractivity contribution is 5.65. The molecular weight excluding hydrogens is 620 g/mol. The van der Waals surface area contributed by atoms with Crippen LogP contribution < -0.4 is 33.2 Å². The SMILES string of the molecule is COc1ccc(CC2c3cc(Oc4c5c(cc(OC)c4OC)C4Cc6cc(OC)c(OC)cc6C(C5)N4C)c(OC)cc3CCN2C)cc1. The molecule has 0 N–H and O–H groups in total. The van der Waals surface area contributed by atoms with Crippen molar-refractivity contribution < 1.29 is 33.2 Å². The molecule has 4 aromatic carbocycles. The zero-order valence-electron chi connectivity index (χ0n) is 29.7. The monoisotopic (exact) mass is 666 g/mol. The molecule has 0 aliphatic carbocycles. The molecule has 49 heavy (non-hydrogen) atoms. The molecule has 0 amide bonds. The van der Waals surface area contributed by atoms with E-state index in [1.54, 1.807) is 42.7 Å². The highest BCUT2D eigenvalue weighted by Crippen LogP contribution is 2.56. The van der Waals surface area contributed by atoms with E-state index >= 15 is 0 Å². The van der Waals surface area contributed by atoms with Gasteiger partial charge in [0.05, 0.1) is 42.7 Å². The number of rotatable bonds is 10. The predicted molar refractivity (Wildman–Crippen MR) is 189 cm³/mol. The second-order valence-electron chi connectivity index (χ2n) is 13.1. The van der Waals surface area contributed by atoms with Gasteiger partial charge in [0.15, 0.2) is 34.5 Å². The summed E-state index contributed by atoms with van der Waals surface area (Å²) in [6, 6.07) is 19.4. The van der Waals surface area contributed by atoms with E-state index in [2.05, 4.69) is 66.4 Å². The van der Waals surface area contributed by atoms with Crippen LogP contribution in [0.4, 0.5) is 0 Å². The molecule has 3 aliphatic heterocycles. The van der Waals surface area contributed by atoms with Gasteiger partial charge in [-0.1, -0.05) is 12.1 Å². The van der Waals surface area contributed by atoms with Crippen molar-refractivity contribution in [3.05, 3.63) is 93.5 Å². The number of hydrogen-bond donors (Lipinski definition) is 0. The van der Waals surface area contributed by atoms with Crippen molar-refractivity contribution in [3.8, 4) is 46.0 Å². The minimum atomic E-state index is 0.106. The highest BCUT2D eigenvalue weighted by Gasteiger charge is 2.42. The zero-order valence-corrected chi connectivity index (χ0v) is 29.7. The molecule has 0 saturated carbocycles. The van der Waals surface area contributed by atoms with Gasteiger partial charge in [0, 0.05) is 30.2 Å². The normalized spacial score (nSPS) is 19.6. The lowest BCUT2D eigenvalue weighted by molar-refractivity contribution is 0.135. The summed E-state index contributed by atoms with van der Waals surface area (Å²) in [6.07, 6.45) is 3.33. The molecule has 4 aromatic rings. The number of fused-ring (bicyclic) bond motifs is 7. The van der Waals surface area contributed by atoms with Crippen LogP contribution in [0.2, 0.25) is 0 Å². The van der Waals surface area contributed by atoms with Gasteiger partial charge < -0.3 is 33.2 Å². The van der Waals surface area contributed by atoms with Crippen molar-refractivity contribution in [1.82, 2.24) is 9.80 Å². The Hall–Kier alpha value is -4.60. The van der Waals surface area contributed by atoms with Crippen LogP contribution in [-0.2, 0) is 25.7 Å². The van der Waals surface area contributed by atoms with Crippen molar-refractivity contribution in [1.29, 1.82) is 0 Å². The Morgan fingerprint density at radius 3 is 1.88 bits per heavy atom. The maximum atomic E-state index is 7.04. The van der Waals surface area contributed by atoms with Crippen LogP contribution in [0.25, 0.3) is 0 Å². The third kappa shape index (κ3) is 5.68. The molecule has 0 fully saturated rings. The lowest BCUT2D eigenvalue weighted by Gasteiger charge is -2.46. The van der Waals surface area contributed by atoms with E-state index < -0.39 is 0 Å². The van der Waals surface area contributed by atoms with Crippen molar-refractivity contribution in [2.45, 2.75) is 43.8 Å². The van der Waals surface area contributed by atoms with Crippen molar-refractivity contribution >= 4 is 0 Å². The first kappa shape index (κ1) is 32.9. The van der Waals surface area contributed by atoms with Crippen LogP contribution in [-0.4, -0.2) is 73.1 Å². The van der Waals surface area contributed by atoms with Crippen LogP contribution >= 0.6 is 0 Å². The first-order valence-corrected chi connectivity index (χ1v) is 16.8. The van der Waals surface area contributed by atoms with Crippen molar-refractivity contribution in [3.63, 3.8) is 0 Å². The van der Waals surface area contributed by atoms with E-state index in [-0.39, 0.29) is 18.1 Å². The third-order valence-corrected chi connectivity index (χ3v) is 10.8. The number of methoxy groups -OCH3 is 6. The predicted octanol–water partition coefficient (Wildman–Crippen LogP) is 7.13. The standard InChI is InChI=1S/C40H46N2O7/c1-41-14-13-24-17-35(45-5)37(21-27(24)31(41)15-23-9-11-26(43-3)12-10-23)49-39-30-19-33-28-20-36(46-6)34(44-4)18-25(28)16-32(42(33)2)29(30)22-38(47-7)40(39)48-8/h9-12,17-18,20-22,31-33H,13-16,19H2,1-8H3. The van der Waals surface area contributed by atoms with E-state index in [0.717, 1.165) is 55.0 Å². The first-order valence-electron chi connectivity index (χ1n) is 16.8. The number of hydrogen-bond acceptors (Lipinski definition) is 9. The minimum Gasteiger partial charge on any atom is -0.497 e. The van der Waals surface area contributed by atoms with Crippen LogP contribution in [0.15, 0.2) is 54.6 Å². The van der Waals surface area contributed by atoms with Gasteiger partial charge in [0.1, 0.15) is 5.75 Å². The van der Waals surface area contributed by atoms with E-state index in [1.807, 2.05) is 12.1 Å². The minimum absolute atomic E-state index is 0.106. The summed E-state index contributed by atoms with van der Waals surface area (Å²) in [4.78, 5) is 4.87. The Labute approximate surface area is 289 Å². The Balaban J connectivity index is 1.32. The van der Waals surface area contributed by atoms with Gasteiger partial charge in [-0.2, -0.15) is 0 Å². The van der Waals surface area contributed by atoms with Gasteiger partial charge in [-0.05, 0) is 116 Å². The molecule has 9 heteroatoms. The van der Waals surface area contributed by atoms with Gasteiger partial charge in [0.25, 0.3) is 0 Å². The van der Waals surface area contributed by atoms with Crippen molar-refractivity contribution in [2.24, 2.45) is 0 Å². The van der Waals surface area contributed by atoms with Crippen LogP contribution in [0.1, 0.15) is 57.1 Å². The van der Waals surface area contributed by atoms with Gasteiger partial charge in [-0.25, -0.2) is 0 Å². The Kier molecular flexibility index (Phi) is 8.98. The number of nitrogens with zero attached hydrogens (tertiary/aromatic N) is 2. The van der Waals surface area contributed by atoms with Gasteiger partial charge >= 0.3 is 0 Å². The topological polar surface area (TPSA) is 71.1 Å². The van der Waals surface area contributed by atoms with Crippen LogP contribution in [0.5, 0.6) is 46.0 Å². The summed E-state index contributed by atoms with van der Waals surface area (Å²) < 4.78 is 41.8. The highest BCUT2D eigenvalue weighted by atomic mass is 16.5. The van der Waals surface area contributed by atoms with Crippen LogP contribution in [0, 0.1) is 0 Å². The van der Waals surface area contributed by atoms with Gasteiger partial charge in [-0.15, -0.1) is 0 Å². The molecule has 3 unspecified atom stereocenters. The Morgan fingerprint density at radius 1 is 0.592 bits per heavy atom. The van der Waals surface area contributed by atoms with Crippen molar-refractivity contribution in [2.75, 3.05) is 63.3 Å². The summed E-state index contributed by atoms with van der Waals surface area (Å²) in [6.45, 7) is 0.961. The molecule has 3 aliphatic rings. The summed E-state index contributed by atoms with van der Waals surface area (Å²) in [7, 11) is 14.5. The largest absolute Gasteiger partial charge is 0.497 e. The summed E-state index contributed by atoms with van der Waals surface area (Å²) in [5.41, 5.74) is 8.53. The molecule has 0 aromatic heterocycles. The molecule has 0 radical (unpaired) electrons. The fraction of sp³-hybridized carbons (Fsp3) is 0.400. The van der Waals surface area contributed by atoms with E-state index in [4.69, 9.17) is 33.2 Å². The molecule has 0 spiro atoms. The lowest BCUT2D eigenvalue weighted by Crippen LogP contribution is -2.40. The summed E-state index contributed by atoms with van der Waals surface area (Å²) >= 11 is 0. The molecule has 0 saturated heterocycles. The maximum absolute atomic E-state index is 7.04. The Bertz CT molecular complexity index is 1860. The fourth-order valence-corrected chi connectivity index (χ4v) is 8.06. The third-order valence-electron chi connectivity index (χ3n) is 10.8. The maximum Gasteiger partial charge on any atom is 0.204 e. The number of benzene rings is 4. The second-order valence-corrected chi connectivity index (χ2v) is 13.1. The smallest absolute Gasteiger partial charge is 0.204 e. The van der Waals surface area contributed by atoms with Gasteiger partial charge in [-0.3, -0.25) is 9.80 Å². The molecule has 258 valence electrons. The van der Waals surface area contributed by atoms with Crippen LogP contribution in [0.3, 0.4) is 0 Å². The summed E-state index contributed by atoms with van der Waals surface area (Å²) in [5, 5.41) is 0. The quantitative estimate of drug-likeness (QED) is 0.176. The number of ether oxygens (including phenoxy) is 7. The molecule has 9 nitrogen and oxygen atoms in total. The fourth-order valence-electron chi connectivity index (χ4n) is 8.06. The molecule has 7 rings (SSSR count). The molecule has 3 atom stereocenters. The second kappa shape index (κ2) is 13.4. The van der Waals surface area contributed by atoms with E-state index in [1.165, 1.54) is 33.4 Å².